The van der Waals surface area contributed by atoms with Crippen molar-refractivity contribution in [1.29, 1.82) is 0 Å². The van der Waals surface area contributed by atoms with Crippen LogP contribution in [0.4, 0.5) is 5.69 Å². The number of para-hydroxylation sites is 1. The van der Waals surface area contributed by atoms with E-state index in [0.717, 1.165) is 0 Å². The zero-order valence-corrected chi connectivity index (χ0v) is 19.4. The van der Waals surface area contributed by atoms with Crippen molar-refractivity contribution in [2.75, 3.05) is 18.5 Å². The largest absolute Gasteiger partial charge is 0.466 e. The van der Waals surface area contributed by atoms with Crippen LogP contribution in [0.15, 0.2) is 36.4 Å². The van der Waals surface area contributed by atoms with Crippen LogP contribution in [0.2, 0.25) is 5.02 Å². The van der Waals surface area contributed by atoms with Gasteiger partial charge in [-0.1, -0.05) is 49.7 Å². The minimum Gasteiger partial charge on any atom is -0.466 e. The Bertz CT molecular complexity index is 885. The van der Waals surface area contributed by atoms with Crippen molar-refractivity contribution in [3.05, 3.63) is 41.4 Å². The third-order valence-electron chi connectivity index (χ3n) is 6.55. The van der Waals surface area contributed by atoms with Gasteiger partial charge in [0.15, 0.2) is 0 Å². The molecule has 32 heavy (non-hydrogen) atoms. The Labute approximate surface area is 193 Å². The molecule has 0 radical (unpaired) electrons. The molecule has 1 aliphatic carbocycles. The first-order chi connectivity index (χ1) is 15.4. The fraction of sp³-hybridized carbons (Fsp3) is 0.542. The minimum atomic E-state index is -0.869. The van der Waals surface area contributed by atoms with Crippen LogP contribution in [0.1, 0.15) is 33.6 Å². The Hall–Kier alpha value is -2.38. The van der Waals surface area contributed by atoms with Crippen molar-refractivity contribution in [3.63, 3.8) is 0 Å². The number of hydrogen-bond donors (Lipinski definition) is 2. The van der Waals surface area contributed by atoms with E-state index >= 15 is 0 Å². The number of rotatable bonds is 8. The van der Waals surface area contributed by atoms with Crippen LogP contribution in [0.3, 0.4) is 0 Å². The van der Waals surface area contributed by atoms with E-state index in [1.165, 1.54) is 4.90 Å². The average Bonchev–Trinajstić information content (AvgIpc) is 3.08. The smallest absolute Gasteiger partial charge is 0.310 e. The molecule has 0 spiro atoms. The van der Waals surface area contributed by atoms with Crippen molar-refractivity contribution < 1.29 is 24.2 Å². The number of amides is 2. The fourth-order valence-corrected chi connectivity index (χ4v) is 5.15. The topological polar surface area (TPSA) is 95.9 Å². The van der Waals surface area contributed by atoms with Gasteiger partial charge in [0, 0.05) is 5.92 Å². The van der Waals surface area contributed by atoms with Crippen molar-refractivity contribution in [1.82, 2.24) is 4.90 Å². The van der Waals surface area contributed by atoms with Gasteiger partial charge in [-0.3, -0.25) is 14.4 Å². The Morgan fingerprint density at radius 2 is 1.94 bits per heavy atom. The lowest BCUT2D eigenvalue weighted by molar-refractivity contribution is -0.156. The van der Waals surface area contributed by atoms with Crippen LogP contribution in [-0.4, -0.2) is 53.1 Å². The maximum absolute atomic E-state index is 13.7. The van der Waals surface area contributed by atoms with E-state index in [1.54, 1.807) is 31.2 Å². The molecular formula is C24H31ClN2O5. The zero-order valence-electron chi connectivity index (χ0n) is 18.7. The average molecular weight is 463 g/mol. The third kappa shape index (κ3) is 4.41. The molecule has 0 aromatic heterocycles. The molecule has 0 saturated carbocycles. The third-order valence-corrected chi connectivity index (χ3v) is 6.88. The van der Waals surface area contributed by atoms with Gasteiger partial charge in [-0.2, -0.15) is 0 Å². The summed E-state index contributed by atoms with van der Waals surface area (Å²) in [6.45, 7) is 5.49. The summed E-state index contributed by atoms with van der Waals surface area (Å²) in [5, 5.41) is 13.2. The number of benzene rings is 1. The van der Waals surface area contributed by atoms with Gasteiger partial charge in [0.1, 0.15) is 6.04 Å². The number of likely N-dealkylation sites (tertiary alicyclic amines) is 1. The lowest BCUT2D eigenvalue weighted by Crippen LogP contribution is -2.50. The molecule has 6 atom stereocenters. The van der Waals surface area contributed by atoms with Crippen LogP contribution in [0.25, 0.3) is 0 Å². The highest BCUT2D eigenvalue weighted by Crippen LogP contribution is 2.46. The van der Waals surface area contributed by atoms with E-state index in [0.29, 0.717) is 23.6 Å². The maximum atomic E-state index is 13.7. The summed E-state index contributed by atoms with van der Waals surface area (Å²) >= 11 is 6.22. The molecule has 1 saturated heterocycles. The lowest BCUT2D eigenvalue weighted by atomic mass is 9.69. The van der Waals surface area contributed by atoms with Crippen LogP contribution in [0.5, 0.6) is 0 Å². The molecule has 0 unspecified atom stereocenters. The van der Waals surface area contributed by atoms with Crippen LogP contribution in [0, 0.1) is 23.7 Å². The van der Waals surface area contributed by atoms with Gasteiger partial charge in [0.05, 0.1) is 41.8 Å². The van der Waals surface area contributed by atoms with Gasteiger partial charge >= 0.3 is 5.97 Å². The number of allylic oxidation sites excluding steroid dienone is 1. The SMILES string of the molecule is CCOC(=O)[C@H]1[C@H]2C(=O)N([C@@H](CC)CO)[C@H](C(=O)Nc3ccccc3Cl)[C@H]2C=C[C@H]1CC. The summed E-state index contributed by atoms with van der Waals surface area (Å²) in [6.07, 6.45) is 4.95. The molecule has 8 heteroatoms. The van der Waals surface area contributed by atoms with E-state index in [1.807, 2.05) is 26.0 Å². The van der Waals surface area contributed by atoms with Gasteiger partial charge < -0.3 is 20.1 Å². The number of nitrogens with zero attached hydrogens (tertiary/aromatic N) is 1. The number of hydrogen-bond acceptors (Lipinski definition) is 5. The molecule has 0 bridgehead atoms. The Balaban J connectivity index is 2.03. The first-order valence-electron chi connectivity index (χ1n) is 11.2. The number of aliphatic hydroxyl groups excluding tert-OH is 1. The number of nitrogens with one attached hydrogen (secondary N) is 1. The first kappa shape index (κ1) is 24.3. The molecule has 1 aromatic rings. The number of esters is 1. The lowest BCUT2D eigenvalue weighted by Gasteiger charge is -2.33. The standard InChI is InChI=1S/C24H31ClN2O5/c1-4-14-11-12-16-20(19(14)24(31)32-6-3)23(30)27(15(5-2)13-28)21(16)22(29)26-18-10-8-7-9-17(18)25/h7-12,14-16,19-21,28H,4-6,13H2,1-3H3,(H,26,29)/t14-,15+,16+,19-,20+,21+/m1/s1. The molecule has 2 aliphatic rings. The van der Waals surface area contributed by atoms with Crippen LogP contribution < -0.4 is 5.32 Å². The molecule has 1 aromatic carbocycles. The maximum Gasteiger partial charge on any atom is 0.310 e. The first-order valence-corrected chi connectivity index (χ1v) is 11.6. The minimum absolute atomic E-state index is 0.152. The van der Waals surface area contributed by atoms with Crippen molar-refractivity contribution >= 4 is 35.1 Å². The number of anilines is 1. The molecule has 1 heterocycles. The number of ether oxygens (including phenoxy) is 1. The van der Waals surface area contributed by atoms with Crippen molar-refractivity contribution in [2.45, 2.75) is 45.7 Å². The second-order valence-electron chi connectivity index (χ2n) is 8.24. The van der Waals surface area contributed by atoms with Crippen molar-refractivity contribution in [3.8, 4) is 0 Å². The molecule has 7 nitrogen and oxygen atoms in total. The Kier molecular flexibility index (Phi) is 7.96. The number of aliphatic hydroxyl groups is 1. The fourth-order valence-electron chi connectivity index (χ4n) is 4.97. The molecular weight excluding hydrogens is 432 g/mol. The highest BCUT2D eigenvalue weighted by Gasteiger charge is 2.58. The van der Waals surface area contributed by atoms with Crippen LogP contribution in [-0.2, 0) is 19.1 Å². The molecule has 174 valence electrons. The normalized spacial score (nSPS) is 27.7. The van der Waals surface area contributed by atoms with E-state index in [2.05, 4.69) is 5.32 Å². The Morgan fingerprint density at radius 1 is 1.22 bits per heavy atom. The van der Waals surface area contributed by atoms with E-state index in [4.69, 9.17) is 16.3 Å². The quantitative estimate of drug-likeness (QED) is 0.456. The summed E-state index contributed by atoms with van der Waals surface area (Å²) < 4.78 is 5.31. The van der Waals surface area contributed by atoms with E-state index < -0.39 is 41.7 Å². The van der Waals surface area contributed by atoms with Crippen LogP contribution >= 0.6 is 11.6 Å². The highest BCUT2D eigenvalue weighted by molar-refractivity contribution is 6.33. The van der Waals surface area contributed by atoms with Gasteiger partial charge in [0.25, 0.3) is 0 Å². The van der Waals surface area contributed by atoms with E-state index in [-0.39, 0.29) is 25.0 Å². The predicted molar refractivity (Wildman–Crippen MR) is 122 cm³/mol. The summed E-state index contributed by atoms with van der Waals surface area (Å²) in [6, 6.07) is 5.47. The predicted octanol–water partition coefficient (Wildman–Crippen LogP) is 3.27. The molecule has 3 rings (SSSR count). The van der Waals surface area contributed by atoms with E-state index in [9.17, 15) is 19.5 Å². The monoisotopic (exact) mass is 462 g/mol. The highest BCUT2D eigenvalue weighted by atomic mass is 35.5. The van der Waals surface area contributed by atoms with Gasteiger partial charge in [-0.25, -0.2) is 0 Å². The number of fused-ring (bicyclic) bond motifs is 1. The van der Waals surface area contributed by atoms with Crippen molar-refractivity contribution in [2.24, 2.45) is 23.7 Å². The molecule has 2 amide bonds. The summed E-state index contributed by atoms with van der Waals surface area (Å²) in [5.74, 6) is -3.16. The second-order valence-corrected chi connectivity index (χ2v) is 8.65. The number of carbonyl (C=O) groups is 3. The zero-order chi connectivity index (χ0) is 23.4. The summed E-state index contributed by atoms with van der Waals surface area (Å²) in [4.78, 5) is 41.5. The molecule has 2 N–H and O–H groups in total. The van der Waals surface area contributed by atoms with Gasteiger partial charge in [0.2, 0.25) is 11.8 Å². The van der Waals surface area contributed by atoms with Gasteiger partial charge in [-0.05, 0) is 37.8 Å². The number of halogens is 1. The molecule has 1 aliphatic heterocycles. The summed E-state index contributed by atoms with van der Waals surface area (Å²) in [5.41, 5.74) is 0.445. The molecule has 1 fully saturated rings. The van der Waals surface area contributed by atoms with Gasteiger partial charge in [-0.15, -0.1) is 0 Å². The second kappa shape index (κ2) is 10.5. The summed E-state index contributed by atoms with van der Waals surface area (Å²) in [7, 11) is 0. The number of carbonyl (C=O) groups excluding carboxylic acids is 3. The Morgan fingerprint density at radius 3 is 2.53 bits per heavy atom.